The van der Waals surface area contributed by atoms with Crippen molar-refractivity contribution in [2.24, 2.45) is 5.41 Å². The lowest BCUT2D eigenvalue weighted by molar-refractivity contribution is 0.0568. The van der Waals surface area contributed by atoms with Gasteiger partial charge in [-0.15, -0.1) is 0 Å². The largest absolute Gasteiger partial charge is 0.413 e. The number of amides is 2. The molecule has 0 aromatic heterocycles. The maximum Gasteiger partial charge on any atom is 0.413 e. The van der Waals surface area contributed by atoms with Crippen LogP contribution in [0.5, 0.6) is 11.5 Å². The first-order valence-corrected chi connectivity index (χ1v) is 10.2. The molecule has 2 amide bonds. The summed E-state index contributed by atoms with van der Waals surface area (Å²) >= 11 is 0. The summed E-state index contributed by atoms with van der Waals surface area (Å²) in [5.41, 5.74) is -1.22. The molecule has 6 nitrogen and oxygen atoms in total. The Kier molecular flexibility index (Phi) is 6.06. The summed E-state index contributed by atoms with van der Waals surface area (Å²) in [7, 11) is 0. The summed E-state index contributed by atoms with van der Waals surface area (Å²) in [5.74, 6) is 0.974. The number of hydrogen-bond acceptors (Lipinski definition) is 4. The molecule has 6 heteroatoms. The number of benzene rings is 2. The zero-order valence-electron chi connectivity index (χ0n) is 18.0. The molecule has 160 valence electrons. The third kappa shape index (κ3) is 5.99. The molecule has 2 aromatic rings. The van der Waals surface area contributed by atoms with Gasteiger partial charge in [-0.2, -0.15) is 0 Å². The first-order valence-electron chi connectivity index (χ1n) is 10.2. The Morgan fingerprint density at radius 3 is 1.40 bits per heavy atom. The monoisotopic (exact) mass is 410 g/mol. The number of rotatable bonds is 4. The number of para-hydroxylation sites is 2. The van der Waals surface area contributed by atoms with Gasteiger partial charge in [0, 0.05) is 11.1 Å². The zero-order valence-corrected chi connectivity index (χ0v) is 18.0. The van der Waals surface area contributed by atoms with Crippen molar-refractivity contribution in [3.05, 3.63) is 60.7 Å². The van der Waals surface area contributed by atoms with Crippen LogP contribution < -0.4 is 20.1 Å². The second-order valence-electron chi connectivity index (χ2n) is 9.47. The Morgan fingerprint density at radius 2 is 1.03 bits per heavy atom. The fraction of sp³-hybridized carbons (Fsp3) is 0.417. The van der Waals surface area contributed by atoms with Crippen LogP contribution in [0.2, 0.25) is 0 Å². The Balaban J connectivity index is 1.68. The van der Waals surface area contributed by atoms with Crippen molar-refractivity contribution in [1.29, 1.82) is 0 Å². The van der Waals surface area contributed by atoms with Crippen LogP contribution in [0.25, 0.3) is 0 Å². The maximum absolute atomic E-state index is 12.5. The molecule has 0 bridgehead atoms. The molecule has 0 aliphatic heterocycles. The summed E-state index contributed by atoms with van der Waals surface area (Å²) < 4.78 is 10.8. The lowest BCUT2D eigenvalue weighted by Crippen LogP contribution is -2.63. The van der Waals surface area contributed by atoms with Crippen molar-refractivity contribution >= 4 is 12.2 Å². The van der Waals surface area contributed by atoms with E-state index < -0.39 is 23.3 Å². The lowest BCUT2D eigenvalue weighted by atomic mass is 9.61. The van der Waals surface area contributed by atoms with Gasteiger partial charge in [0.1, 0.15) is 11.5 Å². The van der Waals surface area contributed by atoms with Crippen molar-refractivity contribution < 1.29 is 19.1 Å². The van der Waals surface area contributed by atoms with Gasteiger partial charge >= 0.3 is 12.2 Å². The van der Waals surface area contributed by atoms with Gasteiger partial charge in [0.05, 0.1) is 0 Å². The Labute approximate surface area is 178 Å². The van der Waals surface area contributed by atoms with Crippen molar-refractivity contribution in [2.45, 2.75) is 58.0 Å². The predicted molar refractivity (Wildman–Crippen MR) is 116 cm³/mol. The first kappa shape index (κ1) is 21.7. The molecule has 2 aromatic carbocycles. The summed E-state index contributed by atoms with van der Waals surface area (Å²) in [6.07, 6.45) is 1.06. The fourth-order valence-electron chi connectivity index (χ4n) is 5.07. The molecular formula is C24H30N2O4. The summed E-state index contributed by atoms with van der Waals surface area (Å²) in [4.78, 5) is 25.1. The fourth-order valence-corrected chi connectivity index (χ4v) is 5.07. The second-order valence-corrected chi connectivity index (χ2v) is 9.47. The van der Waals surface area contributed by atoms with E-state index in [-0.39, 0.29) is 5.41 Å². The van der Waals surface area contributed by atoms with Crippen molar-refractivity contribution in [3.63, 3.8) is 0 Å². The van der Waals surface area contributed by atoms with E-state index in [1.165, 1.54) is 0 Å². The molecule has 1 aliphatic rings. The number of carbonyl (C=O) groups excluding carboxylic acids is 2. The minimum atomic E-state index is -0.553. The maximum atomic E-state index is 12.5. The Hall–Kier alpha value is -3.02. The van der Waals surface area contributed by atoms with Gasteiger partial charge < -0.3 is 20.1 Å². The molecule has 2 atom stereocenters. The number of carbonyl (C=O) groups is 2. The van der Waals surface area contributed by atoms with Gasteiger partial charge in [0.15, 0.2) is 0 Å². The van der Waals surface area contributed by atoms with E-state index in [0.29, 0.717) is 17.9 Å². The highest BCUT2D eigenvalue weighted by molar-refractivity contribution is 5.72. The van der Waals surface area contributed by atoms with Gasteiger partial charge in [-0.3, -0.25) is 0 Å². The minimum Gasteiger partial charge on any atom is -0.410 e. The topological polar surface area (TPSA) is 76.7 Å². The first-order chi connectivity index (χ1) is 14.1. The average molecular weight is 411 g/mol. The van der Waals surface area contributed by atoms with E-state index in [4.69, 9.17) is 9.47 Å². The molecule has 1 saturated carbocycles. The van der Waals surface area contributed by atoms with E-state index in [2.05, 4.69) is 24.5 Å². The molecular weight excluding hydrogens is 380 g/mol. The zero-order chi connectivity index (χ0) is 21.8. The standard InChI is InChI=1S/C24H30N2O4/c1-22(2)15-23(3,25-20(27)29-18-11-7-5-8-12-18)17-24(4,16-22)26-21(28)30-19-13-9-6-10-14-19/h5-14H,15-17H2,1-4H3,(H,25,27)(H,26,28). The molecule has 3 rings (SSSR count). The number of hydrogen-bond donors (Lipinski definition) is 2. The molecule has 1 fully saturated rings. The van der Waals surface area contributed by atoms with Crippen LogP contribution in [-0.4, -0.2) is 23.3 Å². The van der Waals surface area contributed by atoms with Crippen LogP contribution in [0.15, 0.2) is 60.7 Å². The van der Waals surface area contributed by atoms with Gasteiger partial charge in [-0.1, -0.05) is 50.2 Å². The molecule has 2 unspecified atom stereocenters. The Bertz CT molecular complexity index is 813. The summed E-state index contributed by atoms with van der Waals surface area (Å²) in [5, 5.41) is 6.05. The van der Waals surface area contributed by atoms with E-state index >= 15 is 0 Å². The highest BCUT2D eigenvalue weighted by Gasteiger charge is 2.49. The van der Waals surface area contributed by atoms with Crippen LogP contribution in [0.1, 0.15) is 47.0 Å². The Morgan fingerprint density at radius 1 is 0.667 bits per heavy atom. The SMILES string of the molecule is CC1(C)CC(C)(NC(=O)Oc2ccccc2)CC(C)(NC(=O)Oc2ccccc2)C1. The summed E-state index contributed by atoms with van der Waals surface area (Å²) in [6.45, 7) is 8.25. The number of ether oxygens (including phenoxy) is 2. The van der Waals surface area contributed by atoms with Crippen LogP contribution in [0.4, 0.5) is 9.59 Å². The normalized spacial score (nSPS) is 25.1. The van der Waals surface area contributed by atoms with Crippen LogP contribution in [-0.2, 0) is 0 Å². The predicted octanol–water partition coefficient (Wildman–Crippen LogP) is 5.29. The average Bonchev–Trinajstić information content (AvgIpc) is 2.59. The molecule has 0 heterocycles. The van der Waals surface area contributed by atoms with Crippen molar-refractivity contribution in [1.82, 2.24) is 10.6 Å². The quantitative estimate of drug-likeness (QED) is 0.718. The van der Waals surface area contributed by atoms with Gasteiger partial charge in [-0.25, -0.2) is 9.59 Å². The highest BCUT2D eigenvalue weighted by atomic mass is 16.6. The third-order valence-corrected chi connectivity index (χ3v) is 5.23. The molecule has 0 radical (unpaired) electrons. The van der Waals surface area contributed by atoms with Gasteiger partial charge in [-0.05, 0) is 62.8 Å². The van der Waals surface area contributed by atoms with Gasteiger partial charge in [0.2, 0.25) is 0 Å². The van der Waals surface area contributed by atoms with Crippen molar-refractivity contribution in [2.75, 3.05) is 0 Å². The van der Waals surface area contributed by atoms with Crippen LogP contribution in [0, 0.1) is 5.41 Å². The van der Waals surface area contributed by atoms with E-state index in [1.807, 2.05) is 50.2 Å². The molecule has 0 spiro atoms. The molecule has 1 aliphatic carbocycles. The van der Waals surface area contributed by atoms with Gasteiger partial charge in [0.25, 0.3) is 0 Å². The van der Waals surface area contributed by atoms with E-state index in [9.17, 15) is 9.59 Å². The van der Waals surface area contributed by atoms with Crippen LogP contribution >= 0.6 is 0 Å². The minimum absolute atomic E-state index is 0.109. The molecule has 0 saturated heterocycles. The summed E-state index contributed by atoms with van der Waals surface area (Å²) in [6, 6.07) is 17.9. The second kappa shape index (κ2) is 8.38. The van der Waals surface area contributed by atoms with E-state index in [0.717, 1.165) is 12.8 Å². The molecule has 2 N–H and O–H groups in total. The lowest BCUT2D eigenvalue weighted by Gasteiger charge is -2.51. The van der Waals surface area contributed by atoms with Crippen LogP contribution in [0.3, 0.4) is 0 Å². The van der Waals surface area contributed by atoms with E-state index in [1.54, 1.807) is 24.3 Å². The highest BCUT2D eigenvalue weighted by Crippen LogP contribution is 2.46. The van der Waals surface area contributed by atoms with Crippen molar-refractivity contribution in [3.8, 4) is 11.5 Å². The smallest absolute Gasteiger partial charge is 0.410 e. The third-order valence-electron chi connectivity index (χ3n) is 5.23. The number of nitrogens with one attached hydrogen (secondary N) is 2. The molecule has 30 heavy (non-hydrogen) atoms.